The molecule has 1 aromatic rings. The number of likely N-dealkylation sites (tertiary alicyclic amines) is 1. The van der Waals surface area contributed by atoms with E-state index in [4.69, 9.17) is 0 Å². The highest BCUT2D eigenvalue weighted by Crippen LogP contribution is 2.23. The van der Waals surface area contributed by atoms with Gasteiger partial charge in [0.25, 0.3) is 0 Å². The number of rotatable bonds is 8. The zero-order valence-corrected chi connectivity index (χ0v) is 17.5. The molecule has 1 aliphatic heterocycles. The molecule has 0 bridgehead atoms. The second kappa shape index (κ2) is 9.16. The number of carbonyl (C=O) groups excluding carboxylic acids is 1. The standard InChI is InChI=1S/C18H28N2O5S2/c1-3-4-11-19-27(24,25)18-7-5-17(6-8-18)26(22,23)14-16-9-12-20(13-10-16)15(2)21/h5-8,16,19H,3-4,9-14H2,1-2H3. The number of amides is 1. The third-order valence-corrected chi connectivity index (χ3v) is 8.21. The van der Waals surface area contributed by atoms with Gasteiger partial charge in [-0.3, -0.25) is 4.79 Å². The van der Waals surface area contributed by atoms with Gasteiger partial charge in [-0.25, -0.2) is 21.6 Å². The molecule has 0 atom stereocenters. The largest absolute Gasteiger partial charge is 0.343 e. The highest BCUT2D eigenvalue weighted by Gasteiger charge is 2.26. The van der Waals surface area contributed by atoms with Gasteiger partial charge in [0.2, 0.25) is 15.9 Å². The lowest BCUT2D eigenvalue weighted by molar-refractivity contribution is -0.130. The number of nitrogens with one attached hydrogen (secondary N) is 1. The summed E-state index contributed by atoms with van der Waals surface area (Å²) >= 11 is 0. The van der Waals surface area contributed by atoms with Crippen LogP contribution in [0.5, 0.6) is 0 Å². The van der Waals surface area contributed by atoms with E-state index in [2.05, 4.69) is 4.72 Å². The van der Waals surface area contributed by atoms with Crippen LogP contribution in [0.1, 0.15) is 39.5 Å². The predicted octanol–water partition coefficient (Wildman–Crippen LogP) is 1.80. The minimum absolute atomic E-state index is 0.00437. The number of benzene rings is 1. The molecule has 0 unspecified atom stereocenters. The highest BCUT2D eigenvalue weighted by atomic mass is 32.2. The first-order valence-corrected chi connectivity index (χ1v) is 12.4. The van der Waals surface area contributed by atoms with E-state index in [0.29, 0.717) is 32.5 Å². The minimum Gasteiger partial charge on any atom is -0.343 e. The number of sulfone groups is 1. The number of hydrogen-bond donors (Lipinski definition) is 1. The van der Waals surface area contributed by atoms with E-state index in [0.717, 1.165) is 12.8 Å². The number of hydrogen-bond acceptors (Lipinski definition) is 5. The van der Waals surface area contributed by atoms with Crippen LogP contribution < -0.4 is 4.72 Å². The molecule has 0 aliphatic carbocycles. The average molecular weight is 417 g/mol. The van der Waals surface area contributed by atoms with Crippen molar-refractivity contribution in [1.82, 2.24) is 9.62 Å². The number of carbonyl (C=O) groups is 1. The van der Waals surface area contributed by atoms with Gasteiger partial charge in [0.05, 0.1) is 15.5 Å². The molecule has 1 heterocycles. The lowest BCUT2D eigenvalue weighted by atomic mass is 9.99. The fourth-order valence-electron chi connectivity index (χ4n) is 3.11. The van der Waals surface area contributed by atoms with E-state index in [1.807, 2.05) is 6.92 Å². The third-order valence-electron chi connectivity index (χ3n) is 4.83. The normalized spacial score (nSPS) is 16.4. The number of unbranched alkanes of at least 4 members (excludes halogenated alkanes) is 1. The average Bonchev–Trinajstić information content (AvgIpc) is 2.62. The van der Waals surface area contributed by atoms with Crippen LogP contribution in [-0.4, -0.2) is 53.0 Å². The van der Waals surface area contributed by atoms with Crippen molar-refractivity contribution in [2.75, 3.05) is 25.4 Å². The Morgan fingerprint density at radius 1 is 1.07 bits per heavy atom. The van der Waals surface area contributed by atoms with Gasteiger partial charge in [-0.2, -0.15) is 0 Å². The first kappa shape index (κ1) is 21.8. The number of sulfonamides is 1. The summed E-state index contributed by atoms with van der Waals surface area (Å²) in [6, 6.07) is 5.38. The van der Waals surface area contributed by atoms with Gasteiger partial charge in [-0.1, -0.05) is 13.3 Å². The van der Waals surface area contributed by atoms with Crippen LogP contribution in [0.2, 0.25) is 0 Å². The molecule has 2 rings (SSSR count). The molecule has 0 aromatic heterocycles. The number of nitrogens with zero attached hydrogens (tertiary/aromatic N) is 1. The maximum atomic E-state index is 12.6. The lowest BCUT2D eigenvalue weighted by Gasteiger charge is -2.31. The van der Waals surface area contributed by atoms with Crippen LogP contribution in [0, 0.1) is 5.92 Å². The second-order valence-corrected chi connectivity index (χ2v) is 10.8. The fourth-order valence-corrected chi connectivity index (χ4v) is 5.89. The Bertz CT molecular complexity index is 840. The van der Waals surface area contributed by atoms with Crippen LogP contribution in [0.15, 0.2) is 34.1 Å². The summed E-state index contributed by atoms with van der Waals surface area (Å²) in [6.07, 6.45) is 2.94. The molecule has 9 heteroatoms. The van der Waals surface area contributed by atoms with Crippen LogP contribution in [0.3, 0.4) is 0 Å². The predicted molar refractivity (Wildman–Crippen MR) is 104 cm³/mol. The third kappa shape index (κ3) is 6.02. The van der Waals surface area contributed by atoms with E-state index in [1.165, 1.54) is 31.2 Å². The van der Waals surface area contributed by atoms with Gasteiger partial charge in [-0.15, -0.1) is 0 Å². The fraction of sp³-hybridized carbons (Fsp3) is 0.611. The van der Waals surface area contributed by atoms with Gasteiger partial charge < -0.3 is 4.90 Å². The van der Waals surface area contributed by atoms with Crippen molar-refractivity contribution in [3.05, 3.63) is 24.3 Å². The molecular weight excluding hydrogens is 388 g/mol. The van der Waals surface area contributed by atoms with E-state index in [9.17, 15) is 21.6 Å². The molecule has 27 heavy (non-hydrogen) atoms. The van der Waals surface area contributed by atoms with Crippen molar-refractivity contribution >= 4 is 25.8 Å². The molecule has 152 valence electrons. The summed E-state index contributed by atoms with van der Waals surface area (Å²) < 4.78 is 52.1. The summed E-state index contributed by atoms with van der Waals surface area (Å²) in [6.45, 7) is 5.01. The van der Waals surface area contributed by atoms with Crippen LogP contribution in [0.4, 0.5) is 0 Å². The Kier molecular flexibility index (Phi) is 7.41. The van der Waals surface area contributed by atoms with Gasteiger partial charge in [0.15, 0.2) is 9.84 Å². The minimum atomic E-state index is -3.62. The van der Waals surface area contributed by atoms with Crippen LogP contribution in [-0.2, 0) is 24.7 Å². The molecule has 1 amide bonds. The molecule has 7 nitrogen and oxygen atoms in total. The summed E-state index contributed by atoms with van der Waals surface area (Å²) in [5.41, 5.74) is 0. The van der Waals surface area contributed by atoms with E-state index < -0.39 is 19.9 Å². The van der Waals surface area contributed by atoms with Gasteiger partial charge in [-0.05, 0) is 49.4 Å². The van der Waals surface area contributed by atoms with Gasteiger partial charge in [0.1, 0.15) is 0 Å². The number of piperidine rings is 1. The van der Waals surface area contributed by atoms with Crippen molar-refractivity contribution < 1.29 is 21.6 Å². The van der Waals surface area contributed by atoms with Crippen molar-refractivity contribution in [1.29, 1.82) is 0 Å². The van der Waals surface area contributed by atoms with Gasteiger partial charge >= 0.3 is 0 Å². The monoisotopic (exact) mass is 416 g/mol. The maximum Gasteiger partial charge on any atom is 0.240 e. The van der Waals surface area contributed by atoms with Gasteiger partial charge in [0, 0.05) is 26.6 Å². The van der Waals surface area contributed by atoms with Crippen LogP contribution >= 0.6 is 0 Å². The zero-order chi connectivity index (χ0) is 20.1. The molecular formula is C18H28N2O5S2. The van der Waals surface area contributed by atoms with Crippen LogP contribution in [0.25, 0.3) is 0 Å². The Labute approximate surface area is 162 Å². The quantitative estimate of drug-likeness (QED) is 0.651. The summed E-state index contributed by atoms with van der Waals surface area (Å²) in [5, 5.41) is 0. The molecule has 1 aromatic carbocycles. The Balaban J connectivity index is 2.02. The molecule has 1 fully saturated rings. The Hall–Kier alpha value is -1.45. The van der Waals surface area contributed by atoms with Crippen molar-refractivity contribution in [2.24, 2.45) is 5.92 Å². The van der Waals surface area contributed by atoms with E-state index in [-0.39, 0.29) is 27.4 Å². The smallest absolute Gasteiger partial charge is 0.240 e. The van der Waals surface area contributed by atoms with E-state index in [1.54, 1.807) is 4.90 Å². The molecule has 1 aliphatic rings. The maximum absolute atomic E-state index is 12.6. The van der Waals surface area contributed by atoms with E-state index >= 15 is 0 Å². The topological polar surface area (TPSA) is 101 Å². The molecule has 1 saturated heterocycles. The van der Waals surface area contributed by atoms with Crippen molar-refractivity contribution in [3.63, 3.8) is 0 Å². The van der Waals surface area contributed by atoms with Crippen molar-refractivity contribution in [2.45, 2.75) is 49.3 Å². The molecule has 0 spiro atoms. The Morgan fingerprint density at radius 3 is 2.15 bits per heavy atom. The molecule has 0 radical (unpaired) electrons. The highest BCUT2D eigenvalue weighted by molar-refractivity contribution is 7.91. The lowest BCUT2D eigenvalue weighted by Crippen LogP contribution is -2.38. The SMILES string of the molecule is CCCCNS(=O)(=O)c1ccc(S(=O)(=O)CC2CCN(C(C)=O)CC2)cc1. The second-order valence-electron chi connectivity index (χ2n) is 6.95. The summed E-state index contributed by atoms with van der Waals surface area (Å²) in [4.78, 5) is 13.3. The Morgan fingerprint density at radius 2 is 1.63 bits per heavy atom. The molecule has 1 N–H and O–H groups in total. The summed E-state index contributed by atoms with van der Waals surface area (Å²) in [5.74, 6) is 0.0323. The first-order chi connectivity index (χ1) is 12.7. The first-order valence-electron chi connectivity index (χ1n) is 9.23. The summed E-state index contributed by atoms with van der Waals surface area (Å²) in [7, 11) is -7.12. The molecule has 0 saturated carbocycles. The zero-order valence-electron chi connectivity index (χ0n) is 15.8. The van der Waals surface area contributed by atoms with Crippen molar-refractivity contribution in [3.8, 4) is 0 Å².